The van der Waals surface area contributed by atoms with Gasteiger partial charge in [-0.2, -0.15) is 0 Å². The molecule has 23 heavy (non-hydrogen) atoms. The number of ketones is 1. The van der Waals surface area contributed by atoms with Crippen LogP contribution in [0.1, 0.15) is 66.2 Å². The number of hydrogen-bond acceptors (Lipinski definition) is 5. The molecule has 1 rings (SSSR count). The van der Waals surface area contributed by atoms with Crippen LogP contribution in [0.4, 0.5) is 4.79 Å². The molecule has 132 valence electrons. The lowest BCUT2D eigenvalue weighted by molar-refractivity contribution is -0.145. The second-order valence-corrected chi connectivity index (χ2v) is 6.88. The van der Waals surface area contributed by atoms with E-state index in [1.807, 2.05) is 20.8 Å². The number of hydrogen-bond donors (Lipinski definition) is 0. The fourth-order valence-corrected chi connectivity index (χ4v) is 2.69. The standard InChI is InChI=1S/C17H29NO5/c1-5-22-15(20)12-14(19)10-6-8-13-9-7-11-18(13)16(21)23-17(2,3)4/h13H,5-12H2,1-4H3/t13-/m1/s1. The smallest absolute Gasteiger partial charge is 0.410 e. The van der Waals surface area contributed by atoms with Crippen LogP contribution in [0.2, 0.25) is 0 Å². The maximum atomic E-state index is 12.2. The normalized spacial score (nSPS) is 17.9. The van der Waals surface area contributed by atoms with Crippen molar-refractivity contribution in [2.24, 2.45) is 0 Å². The zero-order valence-corrected chi connectivity index (χ0v) is 14.7. The number of amides is 1. The third-order valence-electron chi connectivity index (χ3n) is 3.64. The molecule has 0 unspecified atom stereocenters. The van der Waals surface area contributed by atoms with Crippen molar-refractivity contribution in [1.82, 2.24) is 4.90 Å². The van der Waals surface area contributed by atoms with Gasteiger partial charge in [0.2, 0.25) is 0 Å². The van der Waals surface area contributed by atoms with E-state index in [0.717, 1.165) is 19.3 Å². The predicted molar refractivity (Wildman–Crippen MR) is 86.1 cm³/mol. The second-order valence-electron chi connectivity index (χ2n) is 6.88. The number of carbonyl (C=O) groups excluding carboxylic acids is 3. The van der Waals surface area contributed by atoms with Crippen molar-refractivity contribution in [2.75, 3.05) is 13.2 Å². The van der Waals surface area contributed by atoms with Gasteiger partial charge in [-0.1, -0.05) is 0 Å². The summed E-state index contributed by atoms with van der Waals surface area (Å²) in [5, 5.41) is 0. The fraction of sp³-hybridized carbons (Fsp3) is 0.824. The number of ether oxygens (including phenoxy) is 2. The minimum absolute atomic E-state index is 0.106. The molecule has 1 fully saturated rings. The average Bonchev–Trinajstić information content (AvgIpc) is 2.85. The molecule has 0 spiro atoms. The Kier molecular flexibility index (Phi) is 7.52. The van der Waals surface area contributed by atoms with Crippen LogP contribution >= 0.6 is 0 Å². The number of Topliss-reactive ketones (excluding diaryl/α,β-unsaturated/α-hetero) is 1. The van der Waals surface area contributed by atoms with Gasteiger partial charge in [0.05, 0.1) is 6.61 Å². The predicted octanol–water partition coefficient (Wildman–Crippen LogP) is 3.08. The van der Waals surface area contributed by atoms with Gasteiger partial charge in [-0.15, -0.1) is 0 Å². The Morgan fingerprint density at radius 2 is 1.91 bits per heavy atom. The first kappa shape index (κ1) is 19.5. The first-order valence-electron chi connectivity index (χ1n) is 8.40. The quantitative estimate of drug-likeness (QED) is 0.531. The van der Waals surface area contributed by atoms with Gasteiger partial charge in [-0.3, -0.25) is 9.59 Å². The summed E-state index contributed by atoms with van der Waals surface area (Å²) in [6, 6.07) is 0.125. The summed E-state index contributed by atoms with van der Waals surface area (Å²) in [4.78, 5) is 36.9. The lowest BCUT2D eigenvalue weighted by Gasteiger charge is -2.28. The van der Waals surface area contributed by atoms with E-state index in [9.17, 15) is 14.4 Å². The third-order valence-corrected chi connectivity index (χ3v) is 3.64. The Bertz CT molecular complexity index is 427. The topological polar surface area (TPSA) is 72.9 Å². The van der Waals surface area contributed by atoms with Crippen LogP contribution in [0.3, 0.4) is 0 Å². The molecule has 0 aromatic rings. The highest BCUT2D eigenvalue weighted by molar-refractivity contribution is 5.95. The number of nitrogens with zero attached hydrogens (tertiary/aromatic N) is 1. The number of esters is 1. The van der Waals surface area contributed by atoms with Crippen molar-refractivity contribution >= 4 is 17.8 Å². The molecular weight excluding hydrogens is 298 g/mol. The molecule has 6 heteroatoms. The largest absolute Gasteiger partial charge is 0.466 e. The molecule has 0 aliphatic carbocycles. The lowest BCUT2D eigenvalue weighted by Crippen LogP contribution is -2.39. The molecule has 1 amide bonds. The van der Waals surface area contributed by atoms with Crippen LogP contribution in [-0.4, -0.2) is 47.5 Å². The van der Waals surface area contributed by atoms with E-state index in [1.54, 1.807) is 11.8 Å². The molecule has 0 radical (unpaired) electrons. The van der Waals surface area contributed by atoms with E-state index in [0.29, 0.717) is 26.0 Å². The van der Waals surface area contributed by atoms with Crippen LogP contribution < -0.4 is 0 Å². The molecular formula is C17H29NO5. The van der Waals surface area contributed by atoms with Crippen LogP contribution in [0.5, 0.6) is 0 Å². The Morgan fingerprint density at radius 3 is 2.52 bits per heavy atom. The zero-order valence-electron chi connectivity index (χ0n) is 14.7. The van der Waals surface area contributed by atoms with Gasteiger partial charge in [0.15, 0.2) is 0 Å². The average molecular weight is 327 g/mol. The molecule has 1 aliphatic heterocycles. The van der Waals surface area contributed by atoms with E-state index in [4.69, 9.17) is 9.47 Å². The highest BCUT2D eigenvalue weighted by Crippen LogP contribution is 2.24. The van der Waals surface area contributed by atoms with Crippen molar-refractivity contribution in [2.45, 2.75) is 77.9 Å². The summed E-state index contributed by atoms with van der Waals surface area (Å²) in [6.45, 7) is 8.27. The first-order chi connectivity index (χ1) is 10.7. The van der Waals surface area contributed by atoms with Gasteiger partial charge in [-0.05, 0) is 53.4 Å². The number of likely N-dealkylation sites (tertiary alicyclic amines) is 1. The van der Waals surface area contributed by atoms with Crippen LogP contribution in [0, 0.1) is 0 Å². The summed E-state index contributed by atoms with van der Waals surface area (Å²) in [6.07, 6.45) is 3.23. The molecule has 1 aliphatic rings. The van der Waals surface area contributed by atoms with E-state index in [-0.39, 0.29) is 24.3 Å². The lowest BCUT2D eigenvalue weighted by atomic mass is 10.0. The molecule has 6 nitrogen and oxygen atoms in total. The van der Waals surface area contributed by atoms with Crippen LogP contribution in [0.25, 0.3) is 0 Å². The summed E-state index contributed by atoms with van der Waals surface area (Å²) in [5.74, 6) is -0.570. The minimum Gasteiger partial charge on any atom is -0.466 e. The molecule has 0 bridgehead atoms. The van der Waals surface area contributed by atoms with Crippen molar-refractivity contribution in [3.05, 3.63) is 0 Å². The highest BCUT2D eigenvalue weighted by Gasteiger charge is 2.31. The van der Waals surface area contributed by atoms with Gasteiger partial charge in [0.1, 0.15) is 17.8 Å². The van der Waals surface area contributed by atoms with Gasteiger partial charge < -0.3 is 14.4 Å². The molecule has 0 N–H and O–H groups in total. The van der Waals surface area contributed by atoms with Gasteiger partial charge in [-0.25, -0.2) is 4.79 Å². The second kappa shape index (κ2) is 8.89. The SMILES string of the molecule is CCOC(=O)CC(=O)CCC[C@@H]1CCCN1C(=O)OC(C)(C)C. The van der Waals surface area contributed by atoms with Crippen LogP contribution in [-0.2, 0) is 19.1 Å². The monoisotopic (exact) mass is 327 g/mol. The van der Waals surface area contributed by atoms with E-state index >= 15 is 0 Å². The van der Waals surface area contributed by atoms with Crippen molar-refractivity contribution < 1.29 is 23.9 Å². The zero-order chi connectivity index (χ0) is 17.5. The molecule has 1 saturated heterocycles. The fourth-order valence-electron chi connectivity index (χ4n) is 2.69. The Morgan fingerprint density at radius 1 is 1.22 bits per heavy atom. The number of carbonyl (C=O) groups is 3. The Balaban J connectivity index is 2.34. The number of rotatable bonds is 7. The van der Waals surface area contributed by atoms with Crippen molar-refractivity contribution in [3.8, 4) is 0 Å². The molecule has 1 atom stereocenters. The molecule has 0 aromatic heterocycles. The summed E-state index contributed by atoms with van der Waals surface area (Å²) in [5.41, 5.74) is -0.500. The molecule has 0 aromatic carbocycles. The third kappa shape index (κ3) is 7.48. The van der Waals surface area contributed by atoms with Gasteiger partial charge in [0, 0.05) is 19.0 Å². The van der Waals surface area contributed by atoms with Crippen LogP contribution in [0.15, 0.2) is 0 Å². The van der Waals surface area contributed by atoms with E-state index in [1.165, 1.54) is 0 Å². The van der Waals surface area contributed by atoms with E-state index in [2.05, 4.69) is 0 Å². The van der Waals surface area contributed by atoms with Gasteiger partial charge in [0.25, 0.3) is 0 Å². The summed E-state index contributed by atoms with van der Waals surface area (Å²) >= 11 is 0. The first-order valence-corrected chi connectivity index (χ1v) is 8.40. The van der Waals surface area contributed by atoms with Gasteiger partial charge >= 0.3 is 12.1 Å². The van der Waals surface area contributed by atoms with E-state index < -0.39 is 11.6 Å². The Labute approximate surface area is 138 Å². The maximum Gasteiger partial charge on any atom is 0.410 e. The highest BCUT2D eigenvalue weighted by atomic mass is 16.6. The summed E-state index contributed by atoms with van der Waals surface area (Å²) < 4.78 is 10.2. The maximum absolute atomic E-state index is 12.2. The minimum atomic E-state index is -0.500. The summed E-state index contributed by atoms with van der Waals surface area (Å²) in [7, 11) is 0. The Hall–Kier alpha value is -1.59. The van der Waals surface area contributed by atoms with Crippen molar-refractivity contribution in [1.29, 1.82) is 0 Å². The molecule has 1 heterocycles. The molecule has 0 saturated carbocycles. The van der Waals surface area contributed by atoms with Crippen molar-refractivity contribution in [3.63, 3.8) is 0 Å².